The van der Waals surface area contributed by atoms with Gasteiger partial charge in [0.05, 0.1) is 28.5 Å². The lowest BCUT2D eigenvalue weighted by Crippen LogP contribution is -2.40. The molecule has 1 amide bonds. The van der Waals surface area contributed by atoms with Gasteiger partial charge in [0.15, 0.2) is 0 Å². The SMILES string of the molecule is O=C(c1cnn(CC(F)(F)F)c1Cl)N1CCc2[nH]cnc2[C@H]1c1nc2c(F)cccc2s1. The molecule has 0 saturated heterocycles. The minimum Gasteiger partial charge on any atom is -0.348 e. The highest BCUT2D eigenvalue weighted by Crippen LogP contribution is 2.39. The lowest BCUT2D eigenvalue weighted by Gasteiger charge is -2.33. The first-order valence-electron chi connectivity index (χ1n) is 9.39. The Morgan fingerprint density at radius 1 is 1.34 bits per heavy atom. The Balaban J connectivity index is 1.57. The molecule has 1 aliphatic heterocycles. The number of hydrogen-bond acceptors (Lipinski definition) is 5. The van der Waals surface area contributed by atoms with E-state index in [9.17, 15) is 22.4 Å². The van der Waals surface area contributed by atoms with E-state index in [0.717, 1.165) is 11.9 Å². The molecule has 1 atom stereocenters. The summed E-state index contributed by atoms with van der Waals surface area (Å²) in [5.74, 6) is -1.10. The summed E-state index contributed by atoms with van der Waals surface area (Å²) in [7, 11) is 0. The summed E-state index contributed by atoms with van der Waals surface area (Å²) in [5.41, 5.74) is 1.37. The number of H-pyrrole nitrogens is 1. The molecule has 32 heavy (non-hydrogen) atoms. The standard InChI is InChI=1S/C19H13ClF4N6OS/c20-16-9(6-27-30(16)7-19(22,23)24)18(31)29-5-4-11-14(26-8-25-11)15(29)17-28-13-10(21)2-1-3-12(13)32-17/h1-3,6,8,15H,4-5,7H2,(H,25,26)/t15-/m0/s1. The van der Waals surface area contributed by atoms with Gasteiger partial charge in [-0.15, -0.1) is 11.3 Å². The van der Waals surface area contributed by atoms with Gasteiger partial charge in [-0.25, -0.2) is 19.0 Å². The molecule has 0 aliphatic carbocycles. The predicted octanol–water partition coefficient (Wildman–Crippen LogP) is 4.36. The van der Waals surface area contributed by atoms with Gasteiger partial charge in [0.25, 0.3) is 5.91 Å². The van der Waals surface area contributed by atoms with Crippen molar-refractivity contribution >= 4 is 39.1 Å². The van der Waals surface area contributed by atoms with Gasteiger partial charge in [-0.1, -0.05) is 17.7 Å². The number of nitrogens with zero attached hydrogens (tertiary/aromatic N) is 5. The zero-order valence-corrected chi connectivity index (χ0v) is 17.6. The van der Waals surface area contributed by atoms with Crippen LogP contribution in [-0.4, -0.2) is 48.3 Å². The van der Waals surface area contributed by atoms with E-state index in [1.54, 1.807) is 12.1 Å². The van der Waals surface area contributed by atoms with Crippen LogP contribution in [-0.2, 0) is 13.0 Å². The highest BCUT2D eigenvalue weighted by Gasteiger charge is 2.38. The van der Waals surface area contributed by atoms with Gasteiger partial charge in [-0.05, 0) is 12.1 Å². The van der Waals surface area contributed by atoms with Crippen LogP contribution in [0.4, 0.5) is 17.6 Å². The smallest absolute Gasteiger partial charge is 0.348 e. The van der Waals surface area contributed by atoms with E-state index >= 15 is 0 Å². The predicted molar refractivity (Wildman–Crippen MR) is 108 cm³/mol. The first-order valence-corrected chi connectivity index (χ1v) is 10.6. The topological polar surface area (TPSA) is 79.7 Å². The average Bonchev–Trinajstić information content (AvgIpc) is 3.45. The Morgan fingerprint density at radius 2 is 2.16 bits per heavy atom. The maximum absolute atomic E-state index is 14.2. The molecule has 166 valence electrons. The molecule has 7 nitrogen and oxygen atoms in total. The largest absolute Gasteiger partial charge is 0.408 e. The summed E-state index contributed by atoms with van der Waals surface area (Å²) in [6.45, 7) is -1.18. The lowest BCUT2D eigenvalue weighted by atomic mass is 10.0. The molecule has 0 bridgehead atoms. The van der Waals surface area contributed by atoms with E-state index in [4.69, 9.17) is 11.6 Å². The van der Waals surface area contributed by atoms with Gasteiger partial charge in [-0.3, -0.25) is 4.79 Å². The molecular weight excluding hydrogens is 472 g/mol. The number of carbonyl (C=O) groups is 1. The van der Waals surface area contributed by atoms with Crippen LogP contribution in [0.25, 0.3) is 10.2 Å². The molecule has 1 aromatic carbocycles. The molecule has 0 fully saturated rings. The number of halogens is 5. The van der Waals surface area contributed by atoms with E-state index in [2.05, 4.69) is 20.1 Å². The van der Waals surface area contributed by atoms with Crippen molar-refractivity contribution in [3.63, 3.8) is 0 Å². The summed E-state index contributed by atoms with van der Waals surface area (Å²) < 4.78 is 53.7. The molecule has 0 spiro atoms. The Bertz CT molecular complexity index is 1330. The van der Waals surface area contributed by atoms with Crippen molar-refractivity contribution in [2.45, 2.75) is 25.2 Å². The van der Waals surface area contributed by atoms with Gasteiger partial charge in [0, 0.05) is 18.7 Å². The van der Waals surface area contributed by atoms with Crippen molar-refractivity contribution in [3.8, 4) is 0 Å². The van der Waals surface area contributed by atoms with Crippen LogP contribution in [0.1, 0.15) is 32.8 Å². The number of benzene rings is 1. The van der Waals surface area contributed by atoms with E-state index < -0.39 is 35.6 Å². The Morgan fingerprint density at radius 3 is 2.91 bits per heavy atom. The van der Waals surface area contributed by atoms with Crippen molar-refractivity contribution in [2.24, 2.45) is 0 Å². The molecule has 0 saturated carbocycles. The van der Waals surface area contributed by atoms with E-state index in [0.29, 0.717) is 26.5 Å². The summed E-state index contributed by atoms with van der Waals surface area (Å²) in [6, 6.07) is 3.83. The van der Waals surface area contributed by atoms with Crippen molar-refractivity contribution < 1.29 is 22.4 Å². The summed E-state index contributed by atoms with van der Waals surface area (Å²) in [4.78, 5) is 26.6. The van der Waals surface area contributed by atoms with Crippen LogP contribution in [0.3, 0.4) is 0 Å². The second-order valence-electron chi connectivity index (χ2n) is 7.18. The number of imidazole rings is 1. The van der Waals surface area contributed by atoms with E-state index in [1.165, 1.54) is 28.6 Å². The fourth-order valence-electron chi connectivity index (χ4n) is 3.74. The van der Waals surface area contributed by atoms with Crippen LogP contribution in [0, 0.1) is 5.82 Å². The third-order valence-electron chi connectivity index (χ3n) is 5.14. The van der Waals surface area contributed by atoms with Gasteiger partial charge in [-0.2, -0.15) is 18.3 Å². The summed E-state index contributed by atoms with van der Waals surface area (Å²) in [6.07, 6.45) is -1.58. The van der Waals surface area contributed by atoms with Crippen LogP contribution in [0.5, 0.6) is 0 Å². The number of rotatable bonds is 3. The van der Waals surface area contributed by atoms with Crippen LogP contribution in [0.2, 0.25) is 5.15 Å². The third-order valence-corrected chi connectivity index (χ3v) is 6.61. The highest BCUT2D eigenvalue weighted by atomic mass is 35.5. The number of thiazole rings is 1. The zero-order chi connectivity index (χ0) is 22.6. The molecule has 3 aromatic heterocycles. The minimum absolute atomic E-state index is 0.160. The first kappa shape index (κ1) is 20.9. The van der Waals surface area contributed by atoms with E-state index in [-0.39, 0.29) is 17.6 Å². The quantitative estimate of drug-likeness (QED) is 0.438. The number of amides is 1. The fourth-order valence-corrected chi connectivity index (χ4v) is 5.08. The summed E-state index contributed by atoms with van der Waals surface area (Å²) >= 11 is 7.29. The maximum Gasteiger partial charge on any atom is 0.408 e. The molecule has 0 unspecified atom stereocenters. The van der Waals surface area contributed by atoms with Crippen LogP contribution in [0.15, 0.2) is 30.7 Å². The van der Waals surface area contributed by atoms with Gasteiger partial charge in [0.1, 0.15) is 34.1 Å². The average molecular weight is 485 g/mol. The zero-order valence-electron chi connectivity index (χ0n) is 16.0. The third kappa shape index (κ3) is 3.52. The number of nitrogens with one attached hydrogen (secondary N) is 1. The molecule has 1 N–H and O–H groups in total. The Kier molecular flexibility index (Phi) is 4.93. The van der Waals surface area contributed by atoms with Gasteiger partial charge < -0.3 is 9.88 Å². The molecule has 4 heterocycles. The van der Waals surface area contributed by atoms with Crippen LogP contribution >= 0.6 is 22.9 Å². The second-order valence-corrected chi connectivity index (χ2v) is 8.60. The first-order chi connectivity index (χ1) is 15.2. The number of carbonyl (C=O) groups excluding carboxylic acids is 1. The molecule has 13 heteroatoms. The molecule has 5 rings (SSSR count). The Labute approximate surface area is 186 Å². The van der Waals surface area contributed by atoms with Gasteiger partial charge >= 0.3 is 6.18 Å². The number of aromatic amines is 1. The van der Waals surface area contributed by atoms with Gasteiger partial charge in [0.2, 0.25) is 0 Å². The lowest BCUT2D eigenvalue weighted by molar-refractivity contribution is -0.142. The number of alkyl halides is 3. The highest BCUT2D eigenvalue weighted by molar-refractivity contribution is 7.18. The van der Waals surface area contributed by atoms with Crippen LogP contribution < -0.4 is 0 Å². The van der Waals surface area contributed by atoms with Crippen molar-refractivity contribution in [2.75, 3.05) is 6.54 Å². The second kappa shape index (κ2) is 7.55. The van der Waals surface area contributed by atoms with Crippen molar-refractivity contribution in [3.05, 3.63) is 63.7 Å². The number of fused-ring (bicyclic) bond motifs is 2. The molecule has 1 aliphatic rings. The Hall–Kier alpha value is -2.99. The number of aromatic nitrogens is 5. The number of para-hydroxylation sites is 1. The molecule has 4 aromatic rings. The fraction of sp³-hybridized carbons (Fsp3) is 0.263. The summed E-state index contributed by atoms with van der Waals surface area (Å²) in [5, 5.41) is 3.66. The number of hydrogen-bond donors (Lipinski definition) is 1. The molecular formula is C19H13ClF4N6OS. The maximum atomic E-state index is 14.2. The van der Waals surface area contributed by atoms with Crippen molar-refractivity contribution in [1.29, 1.82) is 0 Å². The van der Waals surface area contributed by atoms with E-state index in [1.807, 2.05) is 0 Å². The van der Waals surface area contributed by atoms with Crippen molar-refractivity contribution in [1.82, 2.24) is 29.6 Å². The normalized spacial score (nSPS) is 16.5. The monoisotopic (exact) mass is 484 g/mol. The minimum atomic E-state index is -4.54. The molecule has 0 radical (unpaired) electrons.